The van der Waals surface area contributed by atoms with Gasteiger partial charge in [0.1, 0.15) is 0 Å². The highest BCUT2D eigenvalue weighted by Gasteiger charge is 2.27. The van der Waals surface area contributed by atoms with Crippen LogP contribution in [-0.4, -0.2) is 23.3 Å². The Bertz CT molecular complexity index is 774. The molecule has 1 aliphatic heterocycles. The summed E-state index contributed by atoms with van der Waals surface area (Å²) in [6, 6.07) is 11.6. The Morgan fingerprint density at radius 3 is 2.84 bits per heavy atom. The van der Waals surface area contributed by atoms with E-state index in [9.17, 15) is 9.59 Å². The Morgan fingerprint density at radius 1 is 1.32 bits per heavy atom. The molecule has 0 saturated carbocycles. The van der Waals surface area contributed by atoms with E-state index in [2.05, 4.69) is 5.32 Å². The highest BCUT2D eigenvalue weighted by atomic mass is 35.5. The molecule has 0 fully saturated rings. The molecule has 1 aromatic carbocycles. The number of nitrogens with one attached hydrogen (secondary N) is 1. The number of halogens is 1. The van der Waals surface area contributed by atoms with E-state index in [-0.39, 0.29) is 17.7 Å². The fourth-order valence-corrected chi connectivity index (χ4v) is 4.21. The van der Waals surface area contributed by atoms with E-state index >= 15 is 0 Å². The van der Waals surface area contributed by atoms with Crippen LogP contribution in [0.25, 0.3) is 0 Å². The third-order valence-electron chi connectivity index (χ3n) is 4.53. The molecule has 25 heavy (non-hydrogen) atoms. The maximum absolute atomic E-state index is 12.5. The first-order chi connectivity index (χ1) is 12.1. The summed E-state index contributed by atoms with van der Waals surface area (Å²) in [6.45, 7) is 3.19. The van der Waals surface area contributed by atoms with Crippen LogP contribution in [0.15, 0.2) is 36.4 Å². The van der Waals surface area contributed by atoms with Crippen LogP contribution in [0, 0.1) is 5.92 Å². The van der Waals surface area contributed by atoms with Crippen LogP contribution >= 0.6 is 22.9 Å². The molecule has 3 rings (SSSR count). The summed E-state index contributed by atoms with van der Waals surface area (Å²) in [5.74, 6) is -0.0491. The summed E-state index contributed by atoms with van der Waals surface area (Å²) < 4.78 is 0.732. The van der Waals surface area contributed by atoms with Crippen LogP contribution in [0.1, 0.15) is 30.2 Å². The van der Waals surface area contributed by atoms with Gasteiger partial charge in [-0.1, -0.05) is 29.8 Å². The molecular formula is C19H21ClN2O2S. The molecule has 0 spiro atoms. The van der Waals surface area contributed by atoms with Gasteiger partial charge in [0, 0.05) is 29.4 Å². The highest BCUT2D eigenvalue weighted by Crippen LogP contribution is 2.28. The smallest absolute Gasteiger partial charge is 0.227 e. The lowest BCUT2D eigenvalue weighted by atomic mass is 9.89. The van der Waals surface area contributed by atoms with Gasteiger partial charge in [0.25, 0.3) is 0 Å². The van der Waals surface area contributed by atoms with E-state index in [1.54, 1.807) is 0 Å². The molecular weight excluding hydrogens is 356 g/mol. The average molecular weight is 377 g/mol. The van der Waals surface area contributed by atoms with Crippen molar-refractivity contribution in [2.75, 3.05) is 11.9 Å². The summed E-state index contributed by atoms with van der Waals surface area (Å²) in [7, 11) is 0. The summed E-state index contributed by atoms with van der Waals surface area (Å²) >= 11 is 7.45. The molecule has 1 N–H and O–H groups in total. The molecule has 0 bridgehead atoms. The van der Waals surface area contributed by atoms with E-state index in [1.807, 2.05) is 48.2 Å². The first-order valence-electron chi connectivity index (χ1n) is 8.47. The largest absolute Gasteiger partial charge is 0.338 e. The number of hydrogen-bond acceptors (Lipinski definition) is 3. The van der Waals surface area contributed by atoms with Gasteiger partial charge < -0.3 is 10.2 Å². The molecule has 0 radical (unpaired) electrons. The maximum atomic E-state index is 12.5. The van der Waals surface area contributed by atoms with Crippen molar-refractivity contribution in [3.05, 3.63) is 51.2 Å². The molecule has 0 aliphatic carbocycles. The molecule has 6 heteroatoms. The topological polar surface area (TPSA) is 49.4 Å². The molecule has 2 aromatic rings. The van der Waals surface area contributed by atoms with Gasteiger partial charge in [-0.3, -0.25) is 9.59 Å². The maximum Gasteiger partial charge on any atom is 0.227 e. The monoisotopic (exact) mass is 376 g/mol. The fraction of sp³-hybridized carbons (Fsp3) is 0.368. The van der Waals surface area contributed by atoms with Crippen molar-refractivity contribution in [2.45, 2.75) is 32.7 Å². The number of rotatable bonds is 6. The Balaban J connectivity index is 1.57. The first kappa shape index (κ1) is 18.0. The lowest BCUT2D eigenvalue weighted by Gasteiger charge is -2.26. The quantitative estimate of drug-likeness (QED) is 0.815. The number of para-hydroxylation sites is 1. The second-order valence-electron chi connectivity index (χ2n) is 6.20. The van der Waals surface area contributed by atoms with E-state index in [4.69, 9.17) is 11.6 Å². The molecule has 2 amide bonds. The van der Waals surface area contributed by atoms with Gasteiger partial charge in [0.2, 0.25) is 11.8 Å². The van der Waals surface area contributed by atoms with Crippen molar-refractivity contribution in [1.29, 1.82) is 0 Å². The molecule has 0 saturated heterocycles. The predicted molar refractivity (Wildman–Crippen MR) is 102 cm³/mol. The Morgan fingerprint density at radius 2 is 2.12 bits per heavy atom. The summed E-state index contributed by atoms with van der Waals surface area (Å²) in [5.41, 5.74) is 2.03. The molecule has 2 heterocycles. The van der Waals surface area contributed by atoms with Gasteiger partial charge in [-0.25, -0.2) is 0 Å². The minimum absolute atomic E-state index is 0.0135. The zero-order chi connectivity index (χ0) is 17.8. The van der Waals surface area contributed by atoms with E-state index in [1.165, 1.54) is 11.3 Å². The van der Waals surface area contributed by atoms with Crippen LogP contribution in [0.3, 0.4) is 0 Å². The second-order valence-corrected chi connectivity index (χ2v) is 8.00. The third kappa shape index (κ3) is 4.41. The van der Waals surface area contributed by atoms with Gasteiger partial charge >= 0.3 is 0 Å². The number of thiophene rings is 1. The number of anilines is 1. The fourth-order valence-electron chi connectivity index (χ4n) is 3.10. The van der Waals surface area contributed by atoms with E-state index < -0.39 is 0 Å². The second kappa shape index (κ2) is 8.02. The standard InChI is InChI=1S/C19H21ClN2O2S/c1-2-22(12-15-8-9-17(20)25-15)18(23)10-7-14-11-13-5-3-4-6-16(13)21-19(14)24/h3-6,8-9,14H,2,7,10-12H2,1H3,(H,21,24). The SMILES string of the molecule is CCN(Cc1ccc(Cl)s1)C(=O)CCC1Cc2ccccc2NC1=O. The minimum Gasteiger partial charge on any atom is -0.338 e. The number of carbonyl (C=O) groups is 2. The lowest BCUT2D eigenvalue weighted by molar-refractivity contribution is -0.132. The number of hydrogen-bond donors (Lipinski definition) is 1. The Kier molecular flexibility index (Phi) is 5.76. The third-order valence-corrected chi connectivity index (χ3v) is 5.74. The Labute approximate surface area is 156 Å². The zero-order valence-corrected chi connectivity index (χ0v) is 15.7. The predicted octanol–water partition coefficient (Wildman–Crippen LogP) is 4.34. The summed E-state index contributed by atoms with van der Waals surface area (Å²) in [6.07, 6.45) is 1.65. The van der Waals surface area contributed by atoms with Crippen LogP contribution in [-0.2, 0) is 22.6 Å². The van der Waals surface area contributed by atoms with Crippen LogP contribution in [0.5, 0.6) is 0 Å². The molecule has 1 aromatic heterocycles. The number of amides is 2. The van der Waals surface area contributed by atoms with Crippen molar-refractivity contribution < 1.29 is 9.59 Å². The normalized spacial score (nSPS) is 16.2. The molecule has 1 atom stereocenters. The lowest BCUT2D eigenvalue weighted by Crippen LogP contribution is -2.33. The number of nitrogens with zero attached hydrogens (tertiary/aromatic N) is 1. The molecule has 4 nitrogen and oxygen atoms in total. The Hall–Kier alpha value is -1.85. The van der Waals surface area contributed by atoms with Gasteiger partial charge in [-0.15, -0.1) is 11.3 Å². The van der Waals surface area contributed by atoms with Crippen molar-refractivity contribution in [3.8, 4) is 0 Å². The zero-order valence-electron chi connectivity index (χ0n) is 14.1. The van der Waals surface area contributed by atoms with E-state index in [0.29, 0.717) is 32.4 Å². The van der Waals surface area contributed by atoms with Gasteiger partial charge in [-0.05, 0) is 43.5 Å². The number of benzene rings is 1. The number of carbonyl (C=O) groups excluding carboxylic acids is 2. The van der Waals surface area contributed by atoms with Crippen LogP contribution < -0.4 is 5.32 Å². The highest BCUT2D eigenvalue weighted by molar-refractivity contribution is 7.16. The van der Waals surface area contributed by atoms with Crippen molar-refractivity contribution >= 4 is 40.4 Å². The van der Waals surface area contributed by atoms with Crippen molar-refractivity contribution in [3.63, 3.8) is 0 Å². The van der Waals surface area contributed by atoms with Crippen LogP contribution in [0.2, 0.25) is 4.34 Å². The average Bonchev–Trinajstić information content (AvgIpc) is 3.02. The van der Waals surface area contributed by atoms with Gasteiger partial charge in [-0.2, -0.15) is 0 Å². The first-order valence-corrected chi connectivity index (χ1v) is 9.67. The molecule has 1 unspecified atom stereocenters. The minimum atomic E-state index is -0.145. The van der Waals surface area contributed by atoms with Gasteiger partial charge in [0.05, 0.1) is 10.9 Å². The summed E-state index contributed by atoms with van der Waals surface area (Å²) in [5, 5.41) is 2.94. The van der Waals surface area contributed by atoms with Crippen LogP contribution in [0.4, 0.5) is 5.69 Å². The molecule has 132 valence electrons. The summed E-state index contributed by atoms with van der Waals surface area (Å²) in [4.78, 5) is 27.7. The molecule has 1 aliphatic rings. The van der Waals surface area contributed by atoms with Gasteiger partial charge in [0.15, 0.2) is 0 Å². The van der Waals surface area contributed by atoms with E-state index in [0.717, 1.165) is 20.5 Å². The van der Waals surface area contributed by atoms with Crippen molar-refractivity contribution in [2.24, 2.45) is 5.92 Å². The number of fused-ring (bicyclic) bond motifs is 1. The van der Waals surface area contributed by atoms with Crippen molar-refractivity contribution in [1.82, 2.24) is 4.90 Å².